The Morgan fingerprint density at radius 2 is 1.86 bits per heavy atom. The average Bonchev–Trinajstić information content (AvgIpc) is 3.72. The molecule has 1 unspecified atom stereocenters. The minimum absolute atomic E-state index is 0.0346. The van der Waals surface area contributed by atoms with E-state index in [-0.39, 0.29) is 17.9 Å². The van der Waals surface area contributed by atoms with Gasteiger partial charge in [0.15, 0.2) is 4.80 Å². The van der Waals surface area contributed by atoms with E-state index in [1.807, 2.05) is 85.3 Å². The summed E-state index contributed by atoms with van der Waals surface area (Å²) in [6.07, 6.45) is 1.85. The Bertz CT molecular complexity index is 2140. The van der Waals surface area contributed by atoms with Crippen LogP contribution in [0.5, 0.6) is 0 Å². The maximum Gasteiger partial charge on any atom is 0.338 e. The number of thiazole rings is 1. The number of nitro benzene ring substituents is 1. The molecule has 5 aromatic rings. The molecule has 1 atom stereocenters. The van der Waals surface area contributed by atoms with Crippen LogP contribution in [0.4, 0.5) is 5.69 Å². The molecule has 11 heteroatoms. The molecule has 1 aliphatic heterocycles. The molecular weight excluding hydrogens is 597 g/mol. The lowest BCUT2D eigenvalue weighted by Crippen LogP contribution is -2.39. The van der Waals surface area contributed by atoms with Crippen molar-refractivity contribution in [2.45, 2.75) is 33.7 Å². The van der Waals surface area contributed by atoms with Crippen molar-refractivity contribution in [1.29, 1.82) is 0 Å². The third kappa shape index (κ3) is 5.03. The minimum Gasteiger partial charge on any atom is -0.463 e. The first-order chi connectivity index (χ1) is 21.2. The van der Waals surface area contributed by atoms with Crippen molar-refractivity contribution in [2.75, 3.05) is 6.61 Å². The van der Waals surface area contributed by atoms with Crippen molar-refractivity contribution in [3.8, 4) is 5.69 Å². The third-order valence-corrected chi connectivity index (χ3v) is 9.48. The van der Waals surface area contributed by atoms with Crippen molar-refractivity contribution < 1.29 is 14.5 Å². The molecule has 0 N–H and O–H groups in total. The molecule has 9 nitrogen and oxygen atoms in total. The van der Waals surface area contributed by atoms with Crippen LogP contribution in [0.1, 0.15) is 45.9 Å². The molecule has 0 aliphatic carbocycles. The molecule has 0 radical (unpaired) electrons. The quantitative estimate of drug-likeness (QED) is 0.133. The lowest BCUT2D eigenvalue weighted by Gasteiger charge is -2.24. The highest BCUT2D eigenvalue weighted by atomic mass is 32.1. The minimum atomic E-state index is -0.696. The average molecular weight is 625 g/mol. The summed E-state index contributed by atoms with van der Waals surface area (Å²) in [6, 6.07) is 19.4. The number of aromatic nitrogens is 2. The van der Waals surface area contributed by atoms with Gasteiger partial charge in [0.1, 0.15) is 6.04 Å². The molecule has 2 aromatic carbocycles. The summed E-state index contributed by atoms with van der Waals surface area (Å²) in [5.74, 6) is -0.509. The number of nitro groups is 1. The summed E-state index contributed by atoms with van der Waals surface area (Å²) in [5, 5.41) is 13.2. The first-order valence-electron chi connectivity index (χ1n) is 14.0. The molecular formula is C33H28N4O5S2. The van der Waals surface area contributed by atoms with Gasteiger partial charge in [0.25, 0.3) is 11.2 Å². The zero-order valence-corrected chi connectivity index (χ0v) is 26.1. The van der Waals surface area contributed by atoms with Gasteiger partial charge in [-0.05, 0) is 68.5 Å². The number of carbonyl (C=O) groups is 1. The third-order valence-electron chi connectivity index (χ3n) is 7.58. The van der Waals surface area contributed by atoms with Crippen LogP contribution in [-0.2, 0) is 9.53 Å². The number of fused-ring (bicyclic) bond motifs is 1. The van der Waals surface area contributed by atoms with E-state index in [1.165, 1.54) is 28.7 Å². The zero-order valence-electron chi connectivity index (χ0n) is 24.4. The van der Waals surface area contributed by atoms with E-state index in [1.54, 1.807) is 23.6 Å². The second-order valence-corrected chi connectivity index (χ2v) is 12.3. The molecule has 1 aliphatic rings. The van der Waals surface area contributed by atoms with Gasteiger partial charge in [0.05, 0.1) is 27.3 Å². The predicted molar refractivity (Wildman–Crippen MR) is 172 cm³/mol. The summed E-state index contributed by atoms with van der Waals surface area (Å²) in [5.41, 5.74) is 5.60. The predicted octanol–water partition coefficient (Wildman–Crippen LogP) is 5.62. The molecule has 3 aromatic heterocycles. The molecule has 6 rings (SSSR count). The largest absolute Gasteiger partial charge is 0.463 e. The zero-order chi connectivity index (χ0) is 31.1. The molecule has 0 fully saturated rings. The van der Waals surface area contributed by atoms with Gasteiger partial charge in [0.2, 0.25) is 0 Å². The molecule has 0 amide bonds. The molecule has 0 spiro atoms. The van der Waals surface area contributed by atoms with Crippen LogP contribution in [0.3, 0.4) is 0 Å². The normalized spacial score (nSPS) is 14.8. The summed E-state index contributed by atoms with van der Waals surface area (Å²) < 4.78 is 9.61. The Morgan fingerprint density at radius 1 is 1.09 bits per heavy atom. The number of aryl methyl sites for hydroxylation is 2. The number of ether oxygens (including phenoxy) is 1. The van der Waals surface area contributed by atoms with Gasteiger partial charge < -0.3 is 9.30 Å². The van der Waals surface area contributed by atoms with Crippen molar-refractivity contribution in [3.05, 3.63) is 140 Å². The maximum atomic E-state index is 14.2. The van der Waals surface area contributed by atoms with Crippen molar-refractivity contribution in [1.82, 2.24) is 9.13 Å². The number of nitrogens with zero attached hydrogens (tertiary/aromatic N) is 4. The topological polar surface area (TPSA) is 109 Å². The maximum absolute atomic E-state index is 14.2. The Kier molecular flexibility index (Phi) is 7.74. The summed E-state index contributed by atoms with van der Waals surface area (Å²) in [4.78, 5) is 44.8. The van der Waals surface area contributed by atoms with Crippen LogP contribution in [0.25, 0.3) is 17.5 Å². The van der Waals surface area contributed by atoms with E-state index < -0.39 is 16.9 Å². The standard InChI is InChI=1S/C33H28N4O5S2/c1-5-42-32(39)28-29(22-10-7-6-8-11-22)34-33-36(30(28)26-12-9-15-43-26)31(38)27(44-33)18-23-17-20(3)35(21(23)4)25-14-13-24(37(40)41)16-19(25)2/h6-18,30H,5H2,1-4H3. The van der Waals surface area contributed by atoms with E-state index in [0.717, 1.165) is 38.6 Å². The first kappa shape index (κ1) is 29.2. The molecule has 44 heavy (non-hydrogen) atoms. The van der Waals surface area contributed by atoms with Gasteiger partial charge >= 0.3 is 5.97 Å². The van der Waals surface area contributed by atoms with Crippen molar-refractivity contribution in [2.24, 2.45) is 4.99 Å². The van der Waals surface area contributed by atoms with Gasteiger partial charge in [-0.3, -0.25) is 19.5 Å². The summed E-state index contributed by atoms with van der Waals surface area (Å²) >= 11 is 2.74. The van der Waals surface area contributed by atoms with Crippen LogP contribution < -0.4 is 14.9 Å². The molecule has 222 valence electrons. The number of thiophene rings is 1. The van der Waals surface area contributed by atoms with E-state index in [4.69, 9.17) is 9.73 Å². The molecule has 0 saturated carbocycles. The highest BCUT2D eigenvalue weighted by molar-refractivity contribution is 7.10. The van der Waals surface area contributed by atoms with Crippen LogP contribution in [-0.4, -0.2) is 26.6 Å². The van der Waals surface area contributed by atoms with Gasteiger partial charge in [0, 0.05) is 39.6 Å². The van der Waals surface area contributed by atoms with E-state index in [2.05, 4.69) is 0 Å². The van der Waals surface area contributed by atoms with E-state index >= 15 is 0 Å². The fourth-order valence-corrected chi connectivity index (χ4v) is 7.42. The number of rotatable bonds is 7. The SMILES string of the molecule is CCOC(=O)C1=C(c2ccccc2)N=c2sc(=Cc3cc(C)n(-c4ccc([N+](=O)[O-])cc4C)c3C)c(=O)n2C1c1cccs1. The number of hydrogen-bond acceptors (Lipinski definition) is 8. The number of non-ortho nitro benzene ring substituents is 1. The highest BCUT2D eigenvalue weighted by Gasteiger charge is 2.35. The Morgan fingerprint density at radius 3 is 2.52 bits per heavy atom. The summed E-state index contributed by atoms with van der Waals surface area (Å²) in [6.45, 7) is 7.70. The van der Waals surface area contributed by atoms with Gasteiger partial charge in [-0.25, -0.2) is 9.79 Å². The molecule has 0 bridgehead atoms. The smallest absolute Gasteiger partial charge is 0.338 e. The second-order valence-electron chi connectivity index (χ2n) is 10.3. The highest BCUT2D eigenvalue weighted by Crippen LogP contribution is 2.37. The monoisotopic (exact) mass is 624 g/mol. The first-order valence-corrected chi connectivity index (χ1v) is 15.7. The Balaban J connectivity index is 1.55. The van der Waals surface area contributed by atoms with Gasteiger partial charge in [-0.1, -0.05) is 47.7 Å². The van der Waals surface area contributed by atoms with Crippen LogP contribution in [0.2, 0.25) is 0 Å². The summed E-state index contributed by atoms with van der Waals surface area (Å²) in [7, 11) is 0. The lowest BCUT2D eigenvalue weighted by molar-refractivity contribution is -0.384. The van der Waals surface area contributed by atoms with Crippen LogP contribution >= 0.6 is 22.7 Å². The number of benzene rings is 2. The van der Waals surface area contributed by atoms with Crippen LogP contribution in [0, 0.1) is 30.9 Å². The fourth-order valence-electron chi connectivity index (χ4n) is 5.61. The van der Waals surface area contributed by atoms with Crippen molar-refractivity contribution in [3.63, 3.8) is 0 Å². The lowest BCUT2D eigenvalue weighted by atomic mass is 9.97. The molecule has 0 saturated heterocycles. The number of hydrogen-bond donors (Lipinski definition) is 0. The number of esters is 1. The van der Waals surface area contributed by atoms with Crippen molar-refractivity contribution >= 4 is 46.1 Å². The van der Waals surface area contributed by atoms with E-state index in [0.29, 0.717) is 20.6 Å². The molecule has 4 heterocycles. The second kappa shape index (κ2) is 11.7. The fraction of sp³-hybridized carbons (Fsp3) is 0.182. The van der Waals surface area contributed by atoms with Crippen LogP contribution in [0.15, 0.2) is 87.5 Å². The van der Waals surface area contributed by atoms with Gasteiger partial charge in [-0.2, -0.15) is 0 Å². The van der Waals surface area contributed by atoms with Gasteiger partial charge in [-0.15, -0.1) is 11.3 Å². The van der Waals surface area contributed by atoms with E-state index in [9.17, 15) is 19.7 Å². The number of carbonyl (C=O) groups excluding carboxylic acids is 1. The Hall–Kier alpha value is -4.87. The Labute approximate surface area is 260 Å².